The molecule has 0 aromatic heterocycles. The van der Waals surface area contributed by atoms with E-state index in [1.165, 1.54) is 17.7 Å². The van der Waals surface area contributed by atoms with E-state index in [0.29, 0.717) is 24.2 Å². The molecular formula is C27H30F3NO2. The number of piperidine rings is 1. The molecule has 3 nitrogen and oxygen atoms in total. The van der Waals surface area contributed by atoms with Crippen LogP contribution >= 0.6 is 0 Å². The van der Waals surface area contributed by atoms with Crippen molar-refractivity contribution in [3.8, 4) is 0 Å². The van der Waals surface area contributed by atoms with Gasteiger partial charge in [0, 0.05) is 10.8 Å². The van der Waals surface area contributed by atoms with Crippen molar-refractivity contribution < 1.29 is 23.0 Å². The van der Waals surface area contributed by atoms with Gasteiger partial charge < -0.3 is 15.2 Å². The van der Waals surface area contributed by atoms with Gasteiger partial charge in [0.1, 0.15) is 5.76 Å². The molecule has 1 aliphatic heterocycles. The normalized spacial score (nSPS) is 22.7. The fraction of sp³-hybridized carbons (Fsp3) is 0.407. The van der Waals surface area contributed by atoms with E-state index in [0.717, 1.165) is 25.9 Å². The molecule has 1 heterocycles. The van der Waals surface area contributed by atoms with Crippen LogP contribution in [0.15, 0.2) is 72.5 Å². The molecule has 33 heavy (non-hydrogen) atoms. The largest absolute Gasteiger partial charge is 0.508 e. The van der Waals surface area contributed by atoms with E-state index in [9.17, 15) is 18.3 Å². The summed E-state index contributed by atoms with van der Waals surface area (Å²) in [7, 11) is 0. The molecule has 1 unspecified atom stereocenters. The fourth-order valence-corrected chi connectivity index (χ4v) is 4.91. The van der Waals surface area contributed by atoms with Crippen molar-refractivity contribution in [1.82, 2.24) is 5.32 Å². The zero-order chi connectivity index (χ0) is 23.5. The van der Waals surface area contributed by atoms with Crippen LogP contribution in [0.2, 0.25) is 0 Å². The maximum Gasteiger partial charge on any atom is 0.416 e. The van der Waals surface area contributed by atoms with Crippen LogP contribution in [-0.4, -0.2) is 24.8 Å². The van der Waals surface area contributed by atoms with Gasteiger partial charge in [0.25, 0.3) is 0 Å². The Morgan fingerprint density at radius 3 is 2.42 bits per heavy atom. The van der Waals surface area contributed by atoms with Gasteiger partial charge in [0.05, 0.1) is 18.8 Å². The maximum atomic E-state index is 13.7. The monoisotopic (exact) mass is 457 g/mol. The highest BCUT2D eigenvalue weighted by atomic mass is 19.4. The van der Waals surface area contributed by atoms with Gasteiger partial charge in [-0.25, -0.2) is 0 Å². The van der Waals surface area contributed by atoms with Crippen molar-refractivity contribution in [2.75, 3.05) is 19.7 Å². The van der Waals surface area contributed by atoms with Gasteiger partial charge in [-0.05, 0) is 73.3 Å². The van der Waals surface area contributed by atoms with Crippen molar-refractivity contribution in [3.63, 3.8) is 0 Å². The summed E-state index contributed by atoms with van der Waals surface area (Å²) < 4.78 is 47.2. The highest BCUT2D eigenvalue weighted by Crippen LogP contribution is 2.39. The number of alkyl halides is 3. The van der Waals surface area contributed by atoms with Crippen molar-refractivity contribution in [2.45, 2.75) is 49.8 Å². The number of hydrogen-bond donors (Lipinski definition) is 2. The fourth-order valence-electron chi connectivity index (χ4n) is 4.91. The lowest BCUT2D eigenvalue weighted by Gasteiger charge is -2.38. The van der Waals surface area contributed by atoms with E-state index in [4.69, 9.17) is 4.74 Å². The summed E-state index contributed by atoms with van der Waals surface area (Å²) in [5, 5.41) is 13.3. The van der Waals surface area contributed by atoms with Crippen LogP contribution in [0.5, 0.6) is 0 Å². The van der Waals surface area contributed by atoms with Crippen molar-refractivity contribution in [3.05, 3.63) is 94.8 Å². The van der Waals surface area contributed by atoms with E-state index >= 15 is 0 Å². The molecule has 2 aromatic carbocycles. The third-order valence-electron chi connectivity index (χ3n) is 6.87. The van der Waals surface area contributed by atoms with E-state index in [2.05, 4.69) is 17.4 Å². The predicted molar refractivity (Wildman–Crippen MR) is 123 cm³/mol. The minimum atomic E-state index is -4.46. The van der Waals surface area contributed by atoms with Crippen molar-refractivity contribution >= 4 is 0 Å². The molecule has 2 N–H and O–H groups in total. The lowest BCUT2D eigenvalue weighted by Crippen LogP contribution is -2.43. The first kappa shape index (κ1) is 23.6. The number of aliphatic hydroxyl groups is 1. The second-order valence-electron chi connectivity index (χ2n) is 9.40. The Labute approximate surface area is 193 Å². The molecular weight excluding hydrogens is 427 g/mol. The summed E-state index contributed by atoms with van der Waals surface area (Å²) in [5.74, 6) is 0.0645. The lowest BCUT2D eigenvalue weighted by molar-refractivity contribution is -0.137. The van der Waals surface area contributed by atoms with E-state index < -0.39 is 17.2 Å². The first-order valence-corrected chi connectivity index (χ1v) is 11.3. The molecule has 0 bridgehead atoms. The molecule has 4 rings (SSSR count). The van der Waals surface area contributed by atoms with Crippen LogP contribution in [-0.2, 0) is 28.4 Å². The van der Waals surface area contributed by atoms with Gasteiger partial charge in [-0.15, -0.1) is 0 Å². The summed E-state index contributed by atoms with van der Waals surface area (Å²) in [5.41, 5.74) is 0.660. The standard InChI is InChI=1S/C27H30F3NO2/c1-25(9-5-8-24(32)17-25)22-14-20(15-23(16-22)27(28,29)30)18-33-19-26(10-12-31-13-11-26)21-6-3-2-4-7-21/h2-8,14-17,31-32H,9-13,18-19H2,1H3. The van der Waals surface area contributed by atoms with Gasteiger partial charge in [0.15, 0.2) is 0 Å². The molecule has 6 heteroatoms. The average Bonchev–Trinajstić information content (AvgIpc) is 2.79. The zero-order valence-electron chi connectivity index (χ0n) is 18.8. The average molecular weight is 458 g/mol. The summed E-state index contributed by atoms with van der Waals surface area (Å²) in [6.45, 7) is 4.15. The van der Waals surface area contributed by atoms with Crippen molar-refractivity contribution in [1.29, 1.82) is 0 Å². The molecule has 1 saturated heterocycles. The second kappa shape index (κ2) is 9.35. The zero-order valence-corrected chi connectivity index (χ0v) is 18.8. The smallest absolute Gasteiger partial charge is 0.416 e. The van der Waals surface area contributed by atoms with Crippen LogP contribution in [0.4, 0.5) is 13.2 Å². The molecule has 2 aromatic rings. The first-order valence-electron chi connectivity index (χ1n) is 11.3. The molecule has 1 atom stereocenters. The number of allylic oxidation sites excluding steroid dienone is 3. The highest BCUT2D eigenvalue weighted by molar-refractivity contribution is 5.42. The molecule has 1 fully saturated rings. The Morgan fingerprint density at radius 2 is 1.76 bits per heavy atom. The van der Waals surface area contributed by atoms with Gasteiger partial charge in [-0.2, -0.15) is 13.2 Å². The Morgan fingerprint density at radius 1 is 1.03 bits per heavy atom. The van der Waals surface area contributed by atoms with Crippen LogP contribution in [0.3, 0.4) is 0 Å². The van der Waals surface area contributed by atoms with Crippen LogP contribution in [0, 0.1) is 0 Å². The number of aliphatic hydroxyl groups excluding tert-OH is 1. The third-order valence-corrected chi connectivity index (χ3v) is 6.87. The first-order chi connectivity index (χ1) is 15.7. The molecule has 176 valence electrons. The highest BCUT2D eigenvalue weighted by Gasteiger charge is 2.36. The Balaban J connectivity index is 1.58. The van der Waals surface area contributed by atoms with Crippen LogP contribution in [0.1, 0.15) is 48.4 Å². The molecule has 0 amide bonds. The van der Waals surface area contributed by atoms with E-state index in [1.807, 2.05) is 25.1 Å². The predicted octanol–water partition coefficient (Wildman–Crippen LogP) is 6.20. The molecule has 0 saturated carbocycles. The topological polar surface area (TPSA) is 41.5 Å². The van der Waals surface area contributed by atoms with Gasteiger partial charge in [0.2, 0.25) is 0 Å². The Hall–Kier alpha value is -2.57. The van der Waals surface area contributed by atoms with Crippen LogP contribution < -0.4 is 5.32 Å². The quantitative estimate of drug-likeness (QED) is 0.542. The minimum Gasteiger partial charge on any atom is -0.508 e. The van der Waals surface area contributed by atoms with Crippen LogP contribution in [0.25, 0.3) is 0 Å². The van der Waals surface area contributed by atoms with Crippen molar-refractivity contribution in [2.24, 2.45) is 0 Å². The van der Waals surface area contributed by atoms with E-state index in [-0.39, 0.29) is 17.8 Å². The maximum absolute atomic E-state index is 13.7. The summed E-state index contributed by atoms with van der Waals surface area (Å²) in [6.07, 6.45) is 2.86. The number of nitrogens with one attached hydrogen (secondary N) is 1. The summed E-state index contributed by atoms with van der Waals surface area (Å²) in [4.78, 5) is 0. The second-order valence-corrected chi connectivity index (χ2v) is 9.40. The van der Waals surface area contributed by atoms with Gasteiger partial charge >= 0.3 is 6.18 Å². The Bertz CT molecular complexity index is 1020. The van der Waals surface area contributed by atoms with Gasteiger partial charge in [-0.1, -0.05) is 49.4 Å². The number of halogens is 3. The number of rotatable bonds is 6. The number of benzene rings is 2. The molecule has 0 spiro atoms. The lowest BCUT2D eigenvalue weighted by atomic mass is 9.74. The third kappa shape index (κ3) is 5.33. The summed E-state index contributed by atoms with van der Waals surface area (Å²) >= 11 is 0. The minimum absolute atomic E-state index is 0.0645. The number of ether oxygens (including phenoxy) is 1. The summed E-state index contributed by atoms with van der Waals surface area (Å²) in [6, 6.07) is 14.4. The molecule has 1 aliphatic carbocycles. The molecule has 0 radical (unpaired) electrons. The van der Waals surface area contributed by atoms with E-state index in [1.54, 1.807) is 24.3 Å². The Kier molecular flexibility index (Phi) is 6.68. The van der Waals surface area contributed by atoms with Gasteiger partial charge in [-0.3, -0.25) is 0 Å². The number of hydrogen-bond acceptors (Lipinski definition) is 3. The molecule has 2 aliphatic rings. The SMILES string of the molecule is CC1(c2cc(COCC3(c4ccccc4)CCNCC3)cc(C(F)(F)F)c2)C=C(O)C=CC1.